The number of nitrogens with two attached hydrogens (primary N) is 1. The number of hydrogen-bond acceptors (Lipinski definition) is 6. The maximum atomic E-state index is 11.0. The van der Waals surface area contributed by atoms with Gasteiger partial charge in [-0.15, -0.1) is 0 Å². The average Bonchev–Trinajstić information content (AvgIpc) is 2.35. The highest BCUT2D eigenvalue weighted by molar-refractivity contribution is 5.78. The third-order valence-corrected chi connectivity index (χ3v) is 2.76. The van der Waals surface area contributed by atoms with Gasteiger partial charge < -0.3 is 20.7 Å². The molecule has 0 aromatic rings. The number of ketones is 1. The molecule has 0 amide bonds. The van der Waals surface area contributed by atoms with Crippen LogP contribution in [0.5, 0.6) is 0 Å². The van der Waals surface area contributed by atoms with Crippen molar-refractivity contribution in [2.75, 3.05) is 6.54 Å². The van der Waals surface area contributed by atoms with Gasteiger partial charge in [0.1, 0.15) is 17.9 Å². The molecule has 0 heterocycles. The normalized spacial score (nSPS) is 13.7. The molecule has 0 saturated carbocycles. The van der Waals surface area contributed by atoms with Crippen LogP contribution in [0, 0.1) is 0 Å². The Bertz CT molecular complexity index is 335. The summed E-state index contributed by atoms with van der Waals surface area (Å²) in [4.78, 5) is 32.8. The molecule has 0 unspecified atom stereocenters. The lowest BCUT2D eigenvalue weighted by Gasteiger charge is -2.19. The standard InChI is InChI=1S/C12H23N3O5/c1-8(16)5-6-10(12(19)20)15-14-9(11(17)18)4-2-3-7-13/h9-10,14-15H,2-7,13H2,1H3,(H,17,18)(H,19,20)/t9-,10-/m0/s1. The number of carboxylic acids is 2. The lowest BCUT2D eigenvalue weighted by atomic mass is 10.1. The second-order valence-corrected chi connectivity index (χ2v) is 4.60. The van der Waals surface area contributed by atoms with Gasteiger partial charge in [0.25, 0.3) is 0 Å². The van der Waals surface area contributed by atoms with Gasteiger partial charge in [0.2, 0.25) is 0 Å². The van der Waals surface area contributed by atoms with Gasteiger partial charge in [-0.2, -0.15) is 0 Å². The van der Waals surface area contributed by atoms with Crippen LogP contribution in [0.15, 0.2) is 0 Å². The number of rotatable bonds is 12. The summed E-state index contributed by atoms with van der Waals surface area (Å²) in [6, 6.07) is -1.89. The van der Waals surface area contributed by atoms with Gasteiger partial charge in [-0.3, -0.25) is 9.59 Å². The van der Waals surface area contributed by atoms with E-state index in [0.29, 0.717) is 25.8 Å². The van der Waals surface area contributed by atoms with Gasteiger partial charge in [0.05, 0.1) is 0 Å². The first-order chi connectivity index (χ1) is 9.38. The van der Waals surface area contributed by atoms with Crippen LogP contribution >= 0.6 is 0 Å². The molecule has 0 aromatic heterocycles. The Morgan fingerprint density at radius 2 is 1.50 bits per heavy atom. The molecule has 0 aliphatic carbocycles. The Morgan fingerprint density at radius 1 is 1.00 bits per heavy atom. The highest BCUT2D eigenvalue weighted by Crippen LogP contribution is 2.02. The Labute approximate surface area is 117 Å². The van der Waals surface area contributed by atoms with Crippen molar-refractivity contribution in [3.63, 3.8) is 0 Å². The zero-order chi connectivity index (χ0) is 15.5. The lowest BCUT2D eigenvalue weighted by molar-refractivity contribution is -0.143. The van der Waals surface area contributed by atoms with Crippen LogP contribution in [-0.2, 0) is 14.4 Å². The predicted octanol–water partition coefficient (Wildman–Crippen LogP) is -0.515. The van der Waals surface area contributed by atoms with E-state index in [4.69, 9.17) is 15.9 Å². The molecule has 0 aliphatic rings. The molecule has 8 heteroatoms. The highest BCUT2D eigenvalue weighted by atomic mass is 16.4. The van der Waals surface area contributed by atoms with Crippen LogP contribution in [0.25, 0.3) is 0 Å². The number of hydrazine groups is 1. The average molecular weight is 289 g/mol. The van der Waals surface area contributed by atoms with Gasteiger partial charge >= 0.3 is 11.9 Å². The highest BCUT2D eigenvalue weighted by Gasteiger charge is 2.22. The fraction of sp³-hybridized carbons (Fsp3) is 0.750. The SMILES string of the molecule is CC(=O)CC[C@H](NN[C@@H](CCCCN)C(=O)O)C(=O)O. The number of unbranched alkanes of at least 4 members (excludes halogenated alkanes) is 1. The molecule has 6 N–H and O–H groups in total. The van der Waals surface area contributed by atoms with Crippen molar-refractivity contribution in [1.29, 1.82) is 0 Å². The topological polar surface area (TPSA) is 142 Å². The van der Waals surface area contributed by atoms with Crippen LogP contribution in [-0.4, -0.2) is 46.6 Å². The molecule has 0 radical (unpaired) electrons. The Balaban J connectivity index is 4.28. The first-order valence-corrected chi connectivity index (χ1v) is 6.54. The summed E-state index contributed by atoms with van der Waals surface area (Å²) in [7, 11) is 0. The van der Waals surface area contributed by atoms with Crippen molar-refractivity contribution in [2.45, 2.75) is 51.1 Å². The third-order valence-electron chi connectivity index (χ3n) is 2.76. The summed E-state index contributed by atoms with van der Waals surface area (Å²) in [6.07, 6.45) is 1.91. The minimum atomic E-state index is -1.13. The Kier molecular flexibility index (Phi) is 9.52. The first-order valence-electron chi connectivity index (χ1n) is 6.54. The monoisotopic (exact) mass is 289 g/mol. The minimum absolute atomic E-state index is 0.104. The number of carbonyl (C=O) groups excluding carboxylic acids is 1. The first kappa shape index (κ1) is 18.5. The largest absolute Gasteiger partial charge is 0.480 e. The molecule has 0 rings (SSSR count). The van der Waals surface area contributed by atoms with E-state index in [2.05, 4.69) is 10.9 Å². The molecule has 0 bridgehead atoms. The van der Waals surface area contributed by atoms with Gasteiger partial charge in [-0.25, -0.2) is 10.9 Å². The molecule has 116 valence electrons. The van der Waals surface area contributed by atoms with Crippen LogP contribution in [0.2, 0.25) is 0 Å². The summed E-state index contributed by atoms with van der Waals surface area (Å²) >= 11 is 0. The summed E-state index contributed by atoms with van der Waals surface area (Å²) in [6.45, 7) is 1.86. The molecule has 0 spiro atoms. The Morgan fingerprint density at radius 3 is 1.90 bits per heavy atom. The molecule has 0 aliphatic heterocycles. The summed E-state index contributed by atoms with van der Waals surface area (Å²) in [5, 5.41) is 18.0. The number of carboxylic acid groups (broad SMARTS) is 2. The summed E-state index contributed by atoms with van der Waals surface area (Å²) in [5.41, 5.74) is 10.3. The second kappa shape index (κ2) is 10.3. The number of Topliss-reactive ketones (excluding diaryl/α,β-unsaturated/α-hetero) is 1. The molecule has 20 heavy (non-hydrogen) atoms. The quantitative estimate of drug-likeness (QED) is 0.239. The van der Waals surface area contributed by atoms with E-state index in [9.17, 15) is 14.4 Å². The zero-order valence-corrected chi connectivity index (χ0v) is 11.6. The maximum absolute atomic E-state index is 11.0. The Hall–Kier alpha value is -1.51. The molecule has 2 atom stereocenters. The maximum Gasteiger partial charge on any atom is 0.322 e. The van der Waals surface area contributed by atoms with E-state index < -0.39 is 24.0 Å². The molecule has 0 fully saturated rings. The number of hydrogen-bond donors (Lipinski definition) is 5. The summed E-state index contributed by atoms with van der Waals surface area (Å²) < 4.78 is 0. The summed E-state index contributed by atoms with van der Waals surface area (Å²) in [5.74, 6) is -2.31. The fourth-order valence-corrected chi connectivity index (χ4v) is 1.56. The van der Waals surface area contributed by atoms with E-state index in [-0.39, 0.29) is 18.6 Å². The van der Waals surface area contributed by atoms with Gasteiger partial charge in [0, 0.05) is 6.42 Å². The molecular weight excluding hydrogens is 266 g/mol. The molecule has 0 saturated heterocycles. The smallest absolute Gasteiger partial charge is 0.322 e. The van der Waals surface area contributed by atoms with Crippen molar-refractivity contribution in [3.8, 4) is 0 Å². The molecular formula is C12H23N3O5. The second-order valence-electron chi connectivity index (χ2n) is 4.60. The van der Waals surface area contributed by atoms with Crippen LogP contribution in [0.1, 0.15) is 39.0 Å². The van der Waals surface area contributed by atoms with Gasteiger partial charge in [-0.05, 0) is 39.2 Å². The van der Waals surface area contributed by atoms with Crippen molar-refractivity contribution in [3.05, 3.63) is 0 Å². The third kappa shape index (κ3) is 8.57. The molecule has 0 aromatic carbocycles. The van der Waals surface area contributed by atoms with E-state index in [1.807, 2.05) is 0 Å². The van der Waals surface area contributed by atoms with E-state index in [1.165, 1.54) is 6.92 Å². The van der Waals surface area contributed by atoms with Crippen LogP contribution in [0.4, 0.5) is 0 Å². The van der Waals surface area contributed by atoms with Crippen LogP contribution < -0.4 is 16.6 Å². The zero-order valence-electron chi connectivity index (χ0n) is 11.6. The van der Waals surface area contributed by atoms with Gasteiger partial charge in [0.15, 0.2) is 0 Å². The van der Waals surface area contributed by atoms with Gasteiger partial charge in [-0.1, -0.05) is 0 Å². The fourth-order valence-electron chi connectivity index (χ4n) is 1.56. The van der Waals surface area contributed by atoms with Crippen molar-refractivity contribution < 1.29 is 24.6 Å². The number of carbonyl (C=O) groups is 3. The van der Waals surface area contributed by atoms with E-state index in [0.717, 1.165) is 0 Å². The lowest BCUT2D eigenvalue weighted by Crippen LogP contribution is -2.52. The van der Waals surface area contributed by atoms with Crippen molar-refractivity contribution >= 4 is 17.7 Å². The number of nitrogens with one attached hydrogen (secondary N) is 2. The van der Waals surface area contributed by atoms with Crippen molar-refractivity contribution in [2.24, 2.45) is 5.73 Å². The van der Waals surface area contributed by atoms with Crippen molar-refractivity contribution in [1.82, 2.24) is 10.9 Å². The van der Waals surface area contributed by atoms with Crippen LogP contribution in [0.3, 0.4) is 0 Å². The predicted molar refractivity (Wildman–Crippen MR) is 71.9 cm³/mol. The molecule has 8 nitrogen and oxygen atoms in total. The van der Waals surface area contributed by atoms with E-state index in [1.54, 1.807) is 0 Å². The number of aliphatic carboxylic acids is 2. The van der Waals surface area contributed by atoms with E-state index >= 15 is 0 Å². The minimum Gasteiger partial charge on any atom is -0.480 e.